The Hall–Kier alpha value is -1.98. The number of hydrogen-bond acceptors (Lipinski definition) is 4. The number of thiazole rings is 1. The Morgan fingerprint density at radius 1 is 1.25 bits per heavy atom. The highest BCUT2D eigenvalue weighted by Crippen LogP contribution is 2.27. The molecule has 0 bridgehead atoms. The minimum atomic E-state index is -0.626. The maximum atomic E-state index is 13.3. The van der Waals surface area contributed by atoms with Crippen molar-refractivity contribution in [1.29, 1.82) is 0 Å². The molecule has 0 saturated carbocycles. The summed E-state index contributed by atoms with van der Waals surface area (Å²) in [6.45, 7) is 0. The molecule has 1 aromatic heterocycles. The summed E-state index contributed by atoms with van der Waals surface area (Å²) >= 11 is 1.55. The van der Waals surface area contributed by atoms with E-state index in [0.29, 0.717) is 6.42 Å². The van der Waals surface area contributed by atoms with Crippen molar-refractivity contribution in [2.24, 2.45) is 5.73 Å². The molecule has 0 aliphatic rings. The van der Waals surface area contributed by atoms with Crippen molar-refractivity contribution >= 4 is 21.6 Å². The summed E-state index contributed by atoms with van der Waals surface area (Å²) in [5, 5.41) is 10.0. The highest BCUT2D eigenvalue weighted by atomic mass is 32.1. The van der Waals surface area contributed by atoms with Crippen LogP contribution in [0.3, 0.4) is 0 Å². The van der Waals surface area contributed by atoms with Crippen LogP contribution in [0, 0.1) is 5.82 Å². The highest BCUT2D eigenvalue weighted by molar-refractivity contribution is 7.18. The van der Waals surface area contributed by atoms with Crippen LogP contribution in [0.1, 0.15) is 16.6 Å². The molecule has 0 amide bonds. The molecule has 3 rings (SSSR count). The third-order valence-electron chi connectivity index (χ3n) is 3.10. The minimum Gasteiger partial charge on any atom is -0.505 e. The fourth-order valence-corrected chi connectivity index (χ4v) is 3.04. The standard InChI is InChI=1S/C15H13FN2OS/c16-10-7-9(5-6-13(10)19)8-11(17)15-18-12-3-1-2-4-14(12)20-15/h1-7,11,19H,8,17H2. The Morgan fingerprint density at radius 2 is 2.05 bits per heavy atom. The molecule has 5 heteroatoms. The van der Waals surface area contributed by atoms with E-state index in [2.05, 4.69) is 4.98 Å². The number of phenolic OH excluding ortho intramolecular Hbond substituents is 1. The summed E-state index contributed by atoms with van der Waals surface area (Å²) in [5.74, 6) is -0.971. The number of nitrogens with two attached hydrogens (primary N) is 1. The number of rotatable bonds is 3. The van der Waals surface area contributed by atoms with E-state index >= 15 is 0 Å². The van der Waals surface area contributed by atoms with E-state index in [-0.39, 0.29) is 11.8 Å². The van der Waals surface area contributed by atoms with Crippen molar-refractivity contribution in [3.05, 3.63) is 58.9 Å². The summed E-state index contributed by atoms with van der Waals surface area (Å²) < 4.78 is 14.4. The van der Waals surface area contributed by atoms with Crippen molar-refractivity contribution < 1.29 is 9.50 Å². The molecule has 0 radical (unpaired) electrons. The van der Waals surface area contributed by atoms with Gasteiger partial charge in [0.2, 0.25) is 0 Å². The number of nitrogens with zero attached hydrogens (tertiary/aromatic N) is 1. The van der Waals surface area contributed by atoms with Crippen LogP contribution in [0.25, 0.3) is 10.2 Å². The Morgan fingerprint density at radius 3 is 2.80 bits per heavy atom. The molecule has 102 valence electrons. The maximum Gasteiger partial charge on any atom is 0.165 e. The summed E-state index contributed by atoms with van der Waals surface area (Å²) in [6.07, 6.45) is 0.483. The van der Waals surface area contributed by atoms with E-state index in [4.69, 9.17) is 5.73 Å². The smallest absolute Gasteiger partial charge is 0.165 e. The third-order valence-corrected chi connectivity index (χ3v) is 4.26. The van der Waals surface area contributed by atoms with E-state index in [9.17, 15) is 9.50 Å². The Kier molecular flexibility index (Phi) is 3.38. The molecule has 20 heavy (non-hydrogen) atoms. The fraction of sp³-hybridized carbons (Fsp3) is 0.133. The average Bonchev–Trinajstić information content (AvgIpc) is 2.87. The minimum absolute atomic E-state index is 0.281. The molecular weight excluding hydrogens is 275 g/mol. The molecule has 2 aromatic carbocycles. The van der Waals surface area contributed by atoms with Crippen LogP contribution < -0.4 is 5.73 Å². The number of hydrogen-bond donors (Lipinski definition) is 2. The van der Waals surface area contributed by atoms with Gasteiger partial charge in [-0.05, 0) is 36.2 Å². The molecule has 0 saturated heterocycles. The van der Waals surface area contributed by atoms with Crippen molar-refractivity contribution in [2.45, 2.75) is 12.5 Å². The van der Waals surface area contributed by atoms with Crippen LogP contribution in [0.2, 0.25) is 0 Å². The van der Waals surface area contributed by atoms with Crippen molar-refractivity contribution in [1.82, 2.24) is 4.98 Å². The molecule has 0 spiro atoms. The molecule has 1 heterocycles. The largest absolute Gasteiger partial charge is 0.505 e. The predicted octanol–water partition coefficient (Wildman–Crippen LogP) is 3.38. The van der Waals surface area contributed by atoms with Gasteiger partial charge in [0.15, 0.2) is 11.6 Å². The van der Waals surface area contributed by atoms with Gasteiger partial charge in [-0.3, -0.25) is 0 Å². The second-order valence-corrected chi connectivity index (χ2v) is 5.68. The summed E-state index contributed by atoms with van der Waals surface area (Å²) in [5.41, 5.74) is 7.82. The first-order chi connectivity index (χ1) is 9.63. The predicted molar refractivity (Wildman–Crippen MR) is 78.3 cm³/mol. The van der Waals surface area contributed by atoms with Crippen LogP contribution in [-0.2, 0) is 6.42 Å². The normalized spacial score (nSPS) is 12.7. The lowest BCUT2D eigenvalue weighted by Crippen LogP contribution is -2.13. The fourth-order valence-electron chi connectivity index (χ4n) is 2.07. The number of para-hydroxylation sites is 1. The molecule has 1 unspecified atom stereocenters. The lowest BCUT2D eigenvalue weighted by Gasteiger charge is -2.08. The van der Waals surface area contributed by atoms with Crippen LogP contribution in [-0.4, -0.2) is 10.1 Å². The van der Waals surface area contributed by atoms with Crippen molar-refractivity contribution in [3.8, 4) is 5.75 Å². The third kappa shape index (κ3) is 2.50. The zero-order valence-electron chi connectivity index (χ0n) is 10.6. The first kappa shape index (κ1) is 13.0. The zero-order chi connectivity index (χ0) is 14.1. The molecular formula is C15H13FN2OS. The molecule has 0 fully saturated rings. The average molecular weight is 288 g/mol. The van der Waals surface area contributed by atoms with Gasteiger partial charge in [-0.25, -0.2) is 9.37 Å². The second kappa shape index (κ2) is 5.19. The van der Waals surface area contributed by atoms with Crippen LogP contribution in [0.15, 0.2) is 42.5 Å². The van der Waals surface area contributed by atoms with Gasteiger partial charge in [0.05, 0.1) is 16.3 Å². The number of fused-ring (bicyclic) bond motifs is 1. The quantitative estimate of drug-likeness (QED) is 0.776. The van der Waals surface area contributed by atoms with Gasteiger partial charge in [0, 0.05) is 0 Å². The monoisotopic (exact) mass is 288 g/mol. The van der Waals surface area contributed by atoms with Gasteiger partial charge in [-0.15, -0.1) is 11.3 Å². The SMILES string of the molecule is NC(Cc1ccc(O)c(F)c1)c1nc2ccccc2s1. The van der Waals surface area contributed by atoms with E-state index in [1.165, 1.54) is 12.1 Å². The molecule has 3 aromatic rings. The van der Waals surface area contributed by atoms with Crippen LogP contribution >= 0.6 is 11.3 Å². The van der Waals surface area contributed by atoms with E-state index in [1.807, 2.05) is 24.3 Å². The van der Waals surface area contributed by atoms with Gasteiger partial charge < -0.3 is 10.8 Å². The van der Waals surface area contributed by atoms with E-state index < -0.39 is 5.82 Å². The molecule has 0 aliphatic heterocycles. The Bertz CT molecular complexity index is 723. The lowest BCUT2D eigenvalue weighted by atomic mass is 10.1. The molecule has 3 nitrogen and oxygen atoms in total. The molecule has 1 atom stereocenters. The zero-order valence-corrected chi connectivity index (χ0v) is 11.4. The van der Waals surface area contributed by atoms with Crippen molar-refractivity contribution in [3.63, 3.8) is 0 Å². The number of benzene rings is 2. The molecule has 0 aliphatic carbocycles. The lowest BCUT2D eigenvalue weighted by molar-refractivity contribution is 0.431. The van der Waals surface area contributed by atoms with Gasteiger partial charge in [-0.2, -0.15) is 0 Å². The summed E-state index contributed by atoms with van der Waals surface area (Å²) in [7, 11) is 0. The highest BCUT2D eigenvalue weighted by Gasteiger charge is 2.13. The van der Waals surface area contributed by atoms with Crippen LogP contribution in [0.5, 0.6) is 5.75 Å². The van der Waals surface area contributed by atoms with Crippen molar-refractivity contribution in [2.75, 3.05) is 0 Å². The number of halogens is 1. The summed E-state index contributed by atoms with van der Waals surface area (Å²) in [6, 6.07) is 11.9. The second-order valence-electron chi connectivity index (χ2n) is 4.62. The molecule has 3 N–H and O–H groups in total. The first-order valence-corrected chi connectivity index (χ1v) is 7.03. The van der Waals surface area contributed by atoms with Gasteiger partial charge in [-0.1, -0.05) is 18.2 Å². The van der Waals surface area contributed by atoms with Gasteiger partial charge in [0.1, 0.15) is 5.01 Å². The summed E-state index contributed by atoms with van der Waals surface area (Å²) in [4.78, 5) is 4.50. The van der Waals surface area contributed by atoms with E-state index in [0.717, 1.165) is 20.8 Å². The van der Waals surface area contributed by atoms with Crippen LogP contribution in [0.4, 0.5) is 4.39 Å². The maximum absolute atomic E-state index is 13.3. The van der Waals surface area contributed by atoms with Gasteiger partial charge >= 0.3 is 0 Å². The van der Waals surface area contributed by atoms with Gasteiger partial charge in [0.25, 0.3) is 0 Å². The number of phenols is 1. The number of aromatic hydroxyl groups is 1. The topological polar surface area (TPSA) is 59.1 Å². The Balaban J connectivity index is 1.84. The number of aromatic nitrogens is 1. The van der Waals surface area contributed by atoms with E-state index in [1.54, 1.807) is 17.4 Å². The Labute approximate surface area is 119 Å². The first-order valence-electron chi connectivity index (χ1n) is 6.22.